The zero-order valence-electron chi connectivity index (χ0n) is 13.1. The van der Waals surface area contributed by atoms with Gasteiger partial charge in [0.15, 0.2) is 0 Å². The number of aliphatic hydroxyl groups excluding tert-OH is 1. The number of hydrogen-bond donors (Lipinski definition) is 3. The van der Waals surface area contributed by atoms with E-state index in [-0.39, 0.29) is 19.2 Å². The summed E-state index contributed by atoms with van der Waals surface area (Å²) in [6, 6.07) is 6.54. The highest BCUT2D eigenvalue weighted by molar-refractivity contribution is 7.11. The van der Waals surface area contributed by atoms with Crippen LogP contribution in [0.15, 0.2) is 36.7 Å². The Bertz CT molecular complexity index is 890. The third kappa shape index (κ3) is 3.42. The van der Waals surface area contributed by atoms with Crippen LogP contribution >= 0.6 is 22.9 Å². The number of halogens is 1. The van der Waals surface area contributed by atoms with Crippen molar-refractivity contribution in [3.8, 4) is 11.4 Å². The fourth-order valence-corrected chi connectivity index (χ4v) is 3.62. The van der Waals surface area contributed by atoms with Crippen molar-refractivity contribution in [3.05, 3.63) is 57.3 Å². The molecule has 0 aliphatic heterocycles. The molecule has 1 atom stereocenters. The Hall–Kier alpha value is -2.26. The molecule has 3 heterocycles. The van der Waals surface area contributed by atoms with E-state index >= 15 is 0 Å². The highest BCUT2D eigenvalue weighted by atomic mass is 35.5. The summed E-state index contributed by atoms with van der Waals surface area (Å²) in [7, 11) is 0. The monoisotopic (exact) mass is 377 g/mol. The molecule has 130 valence electrons. The van der Waals surface area contributed by atoms with Crippen molar-refractivity contribution in [2.24, 2.45) is 11.5 Å². The van der Waals surface area contributed by atoms with Crippen LogP contribution in [0.5, 0.6) is 0 Å². The highest BCUT2D eigenvalue weighted by Gasteiger charge is 2.24. The average Bonchev–Trinajstić information content (AvgIpc) is 3.24. The zero-order chi connectivity index (χ0) is 18.0. The van der Waals surface area contributed by atoms with Crippen LogP contribution in [0.2, 0.25) is 5.02 Å². The van der Waals surface area contributed by atoms with Gasteiger partial charge in [-0.3, -0.25) is 9.78 Å². The van der Waals surface area contributed by atoms with Gasteiger partial charge in [0.05, 0.1) is 29.1 Å². The summed E-state index contributed by atoms with van der Waals surface area (Å²) in [6.45, 7) is 0.0739. The number of aromatic nitrogens is 3. The molecule has 0 bridgehead atoms. The van der Waals surface area contributed by atoms with Gasteiger partial charge in [0.2, 0.25) is 0 Å². The first-order valence-electron chi connectivity index (χ1n) is 7.43. The molecule has 0 aliphatic rings. The summed E-state index contributed by atoms with van der Waals surface area (Å²) in [5, 5.41) is 10.3. The van der Waals surface area contributed by atoms with E-state index in [0.717, 1.165) is 4.88 Å². The second-order valence-corrected chi connectivity index (χ2v) is 6.85. The molecule has 9 heteroatoms. The molecule has 3 rings (SSSR count). The predicted molar refractivity (Wildman–Crippen MR) is 96.4 cm³/mol. The highest BCUT2D eigenvalue weighted by Crippen LogP contribution is 2.31. The molecule has 1 amide bonds. The number of carbonyl (C=O) groups excluding carboxylic acids is 1. The van der Waals surface area contributed by atoms with Crippen LogP contribution < -0.4 is 11.5 Å². The van der Waals surface area contributed by atoms with Crippen molar-refractivity contribution in [3.63, 3.8) is 0 Å². The molecule has 0 saturated heterocycles. The maximum atomic E-state index is 11.9. The third-order valence-electron chi connectivity index (χ3n) is 3.73. The lowest BCUT2D eigenvalue weighted by atomic mass is 10.2. The van der Waals surface area contributed by atoms with Crippen LogP contribution in [0, 0.1) is 0 Å². The van der Waals surface area contributed by atoms with Crippen molar-refractivity contribution in [1.82, 2.24) is 14.5 Å². The van der Waals surface area contributed by atoms with Gasteiger partial charge >= 0.3 is 0 Å². The van der Waals surface area contributed by atoms with Crippen molar-refractivity contribution >= 4 is 28.8 Å². The first-order chi connectivity index (χ1) is 12.0. The Kier molecular flexibility index (Phi) is 5.14. The van der Waals surface area contributed by atoms with E-state index in [1.165, 1.54) is 17.5 Å². The van der Waals surface area contributed by atoms with Gasteiger partial charge in [-0.25, -0.2) is 4.98 Å². The zero-order valence-corrected chi connectivity index (χ0v) is 14.7. The first-order valence-corrected chi connectivity index (χ1v) is 8.63. The summed E-state index contributed by atoms with van der Waals surface area (Å²) in [4.78, 5) is 21.2. The molecular weight excluding hydrogens is 362 g/mol. The maximum absolute atomic E-state index is 11.9. The van der Waals surface area contributed by atoms with E-state index < -0.39 is 5.91 Å². The van der Waals surface area contributed by atoms with Gasteiger partial charge in [0.25, 0.3) is 5.91 Å². The predicted octanol–water partition coefficient (Wildman–Crippen LogP) is 1.80. The number of rotatable bonds is 6. The summed E-state index contributed by atoms with van der Waals surface area (Å²) in [6.07, 6.45) is 3.18. The lowest BCUT2D eigenvalue weighted by Gasteiger charge is -2.21. The molecule has 3 aromatic heterocycles. The Balaban J connectivity index is 2.15. The minimum atomic E-state index is -0.564. The second kappa shape index (κ2) is 7.32. The number of nitrogens with zero attached hydrogens (tertiary/aromatic N) is 3. The van der Waals surface area contributed by atoms with Crippen LogP contribution in [0.3, 0.4) is 0 Å². The Morgan fingerprint density at radius 1 is 1.28 bits per heavy atom. The lowest BCUT2D eigenvalue weighted by Crippen LogP contribution is -2.26. The van der Waals surface area contributed by atoms with Gasteiger partial charge in [-0.15, -0.1) is 11.3 Å². The number of aliphatic hydroxyl groups is 1. The Morgan fingerprint density at radius 3 is 2.64 bits per heavy atom. The number of thiazole rings is 1. The molecule has 5 N–H and O–H groups in total. The SMILES string of the molecule is NCC(c1cnc(CO)s1)n1c(C(N)=O)ccc1-c1ccc(Cl)cn1. The molecule has 25 heavy (non-hydrogen) atoms. The van der Waals surface area contributed by atoms with Crippen LogP contribution in [0.1, 0.15) is 26.4 Å². The molecular formula is C16H16ClN5O2S. The molecule has 1 unspecified atom stereocenters. The van der Waals surface area contributed by atoms with Gasteiger partial charge in [-0.2, -0.15) is 0 Å². The van der Waals surface area contributed by atoms with Crippen molar-refractivity contribution in [2.45, 2.75) is 12.6 Å². The van der Waals surface area contributed by atoms with Gasteiger partial charge in [0.1, 0.15) is 10.7 Å². The summed E-state index contributed by atoms with van der Waals surface area (Å²) in [5.41, 5.74) is 13.2. The molecule has 0 fully saturated rings. The van der Waals surface area contributed by atoms with E-state index in [1.54, 1.807) is 35.0 Å². The van der Waals surface area contributed by atoms with E-state index in [1.807, 2.05) is 0 Å². The fourth-order valence-electron chi connectivity index (χ4n) is 2.62. The first kappa shape index (κ1) is 17.6. The number of carbonyl (C=O) groups is 1. The number of pyridine rings is 1. The van der Waals surface area contributed by atoms with Gasteiger partial charge in [-0.05, 0) is 24.3 Å². The summed E-state index contributed by atoms with van der Waals surface area (Å²) < 4.78 is 1.76. The molecule has 7 nitrogen and oxygen atoms in total. The van der Waals surface area contributed by atoms with Crippen LogP contribution in [-0.4, -0.2) is 32.1 Å². The van der Waals surface area contributed by atoms with E-state index in [4.69, 9.17) is 23.1 Å². The van der Waals surface area contributed by atoms with E-state index in [9.17, 15) is 9.90 Å². The molecule has 0 saturated carbocycles. The molecule has 0 radical (unpaired) electrons. The molecule has 3 aromatic rings. The van der Waals surface area contributed by atoms with Crippen LogP contribution in [0.4, 0.5) is 0 Å². The second-order valence-electron chi connectivity index (χ2n) is 5.27. The van der Waals surface area contributed by atoms with Gasteiger partial charge < -0.3 is 21.1 Å². The third-order valence-corrected chi connectivity index (χ3v) is 5.04. The van der Waals surface area contributed by atoms with Crippen molar-refractivity contribution in [2.75, 3.05) is 6.54 Å². The van der Waals surface area contributed by atoms with Crippen molar-refractivity contribution < 1.29 is 9.90 Å². The average molecular weight is 378 g/mol. The maximum Gasteiger partial charge on any atom is 0.265 e. The Labute approximate surface area is 152 Å². The topological polar surface area (TPSA) is 120 Å². The molecule has 0 aromatic carbocycles. The summed E-state index contributed by atoms with van der Waals surface area (Å²) >= 11 is 7.24. The smallest absolute Gasteiger partial charge is 0.265 e. The molecule has 0 aliphatic carbocycles. The van der Waals surface area contributed by atoms with E-state index in [2.05, 4.69) is 9.97 Å². The molecule has 0 spiro atoms. The quantitative estimate of drug-likeness (QED) is 0.605. The summed E-state index contributed by atoms with van der Waals surface area (Å²) in [5.74, 6) is -0.564. The lowest BCUT2D eigenvalue weighted by molar-refractivity contribution is 0.0990. The normalized spacial score (nSPS) is 12.3. The number of primary amides is 1. The standard InChI is InChI=1S/C16H16ClN5O2S/c17-9-1-2-10(20-6-9)11-3-4-12(16(19)24)22(11)13(5-18)14-7-21-15(8-23)25-14/h1-4,6-7,13,23H,5,8,18H2,(H2,19,24). The largest absolute Gasteiger partial charge is 0.389 e. The van der Waals surface area contributed by atoms with Crippen LogP contribution in [-0.2, 0) is 6.61 Å². The Morgan fingerprint density at radius 2 is 2.08 bits per heavy atom. The number of nitrogens with two attached hydrogens (primary N) is 2. The van der Waals surface area contributed by atoms with Gasteiger partial charge in [-0.1, -0.05) is 11.6 Å². The van der Waals surface area contributed by atoms with Crippen LogP contribution in [0.25, 0.3) is 11.4 Å². The van der Waals surface area contributed by atoms with Gasteiger partial charge in [0, 0.05) is 23.8 Å². The number of amides is 1. The minimum absolute atomic E-state index is 0.151. The minimum Gasteiger partial charge on any atom is -0.389 e. The van der Waals surface area contributed by atoms with E-state index in [0.29, 0.717) is 27.1 Å². The number of hydrogen-bond acceptors (Lipinski definition) is 6. The van der Waals surface area contributed by atoms with Crippen molar-refractivity contribution in [1.29, 1.82) is 0 Å². The fraction of sp³-hybridized carbons (Fsp3) is 0.188.